The van der Waals surface area contributed by atoms with Crippen molar-refractivity contribution in [2.24, 2.45) is 0 Å². The van der Waals surface area contributed by atoms with Crippen LogP contribution in [0.25, 0.3) is 0 Å². The summed E-state index contributed by atoms with van der Waals surface area (Å²) in [5.74, 6) is 0. The lowest BCUT2D eigenvalue weighted by atomic mass is 10.1. The van der Waals surface area contributed by atoms with E-state index >= 15 is 0 Å². The first-order chi connectivity index (χ1) is 6.42. The van der Waals surface area contributed by atoms with Gasteiger partial charge < -0.3 is 0 Å². The molecule has 0 saturated carbocycles. The Balaban J connectivity index is 2.05. The summed E-state index contributed by atoms with van der Waals surface area (Å²) in [6, 6.07) is 2.70. The molecule has 1 aromatic heterocycles. The van der Waals surface area contributed by atoms with Crippen molar-refractivity contribution in [1.29, 1.82) is 0 Å². The van der Waals surface area contributed by atoms with E-state index in [-0.39, 0.29) is 0 Å². The number of hydrogen-bond acceptors (Lipinski definition) is 2. The zero-order valence-corrected chi connectivity index (χ0v) is 8.16. The summed E-state index contributed by atoms with van der Waals surface area (Å²) in [4.78, 5) is 2.55. The fraction of sp³-hybridized carbons (Fsp3) is 0.700. The molecule has 3 nitrogen and oxygen atoms in total. The molecule has 1 N–H and O–H groups in total. The first-order valence-corrected chi connectivity index (χ1v) is 5.15. The van der Waals surface area contributed by atoms with Crippen molar-refractivity contribution in [2.75, 3.05) is 13.1 Å². The van der Waals surface area contributed by atoms with E-state index in [0.29, 0.717) is 6.04 Å². The van der Waals surface area contributed by atoms with Gasteiger partial charge in [-0.15, -0.1) is 0 Å². The maximum absolute atomic E-state index is 4.01. The second-order valence-corrected chi connectivity index (χ2v) is 3.71. The third-order valence-corrected chi connectivity index (χ3v) is 2.76. The van der Waals surface area contributed by atoms with Gasteiger partial charge in [-0.1, -0.05) is 6.92 Å². The third-order valence-electron chi connectivity index (χ3n) is 2.76. The molecule has 2 rings (SSSR count). The zero-order valence-electron chi connectivity index (χ0n) is 8.16. The quantitative estimate of drug-likeness (QED) is 0.769. The molecule has 0 aliphatic carbocycles. The maximum Gasteiger partial charge on any atom is 0.0523 e. The van der Waals surface area contributed by atoms with Gasteiger partial charge in [-0.05, 0) is 38.4 Å². The Kier molecular flexibility index (Phi) is 2.64. The topological polar surface area (TPSA) is 31.9 Å². The Bertz CT molecular complexity index is 243. The monoisotopic (exact) mass is 179 g/mol. The highest BCUT2D eigenvalue weighted by Crippen LogP contribution is 2.30. The molecule has 1 fully saturated rings. The molecule has 1 aliphatic rings. The van der Waals surface area contributed by atoms with Gasteiger partial charge >= 0.3 is 0 Å². The molecule has 1 unspecified atom stereocenters. The van der Waals surface area contributed by atoms with Crippen molar-refractivity contribution in [3.63, 3.8) is 0 Å². The van der Waals surface area contributed by atoms with E-state index in [1.807, 2.05) is 6.20 Å². The molecule has 1 saturated heterocycles. The Labute approximate surface area is 79.1 Å². The molecule has 1 aliphatic heterocycles. The summed E-state index contributed by atoms with van der Waals surface area (Å²) in [6.45, 7) is 4.70. The minimum Gasteiger partial charge on any atom is -0.295 e. The summed E-state index contributed by atoms with van der Waals surface area (Å²) in [5.41, 5.74) is 1.28. The van der Waals surface area contributed by atoms with E-state index in [9.17, 15) is 0 Å². The van der Waals surface area contributed by atoms with Gasteiger partial charge in [-0.3, -0.25) is 10.00 Å². The van der Waals surface area contributed by atoms with Crippen molar-refractivity contribution in [3.8, 4) is 0 Å². The molecule has 72 valence electrons. The van der Waals surface area contributed by atoms with Crippen molar-refractivity contribution < 1.29 is 0 Å². The van der Waals surface area contributed by atoms with Gasteiger partial charge in [-0.25, -0.2) is 0 Å². The van der Waals surface area contributed by atoms with Crippen LogP contribution in [0.15, 0.2) is 12.3 Å². The van der Waals surface area contributed by atoms with Crippen LogP contribution >= 0.6 is 0 Å². The lowest BCUT2D eigenvalue weighted by molar-refractivity contribution is 0.253. The highest BCUT2D eigenvalue weighted by molar-refractivity contribution is 5.06. The summed E-state index contributed by atoms with van der Waals surface area (Å²) in [6.07, 6.45) is 5.69. The van der Waals surface area contributed by atoms with Crippen molar-refractivity contribution in [2.45, 2.75) is 32.2 Å². The van der Waals surface area contributed by atoms with E-state index in [0.717, 1.165) is 0 Å². The lowest BCUT2D eigenvalue weighted by Gasteiger charge is -2.22. The van der Waals surface area contributed by atoms with Crippen LogP contribution in [0.5, 0.6) is 0 Å². The average Bonchev–Trinajstić information content (AvgIpc) is 2.71. The smallest absolute Gasteiger partial charge is 0.0523 e. The Morgan fingerprint density at radius 3 is 3.31 bits per heavy atom. The normalized spacial score (nSPS) is 23.9. The van der Waals surface area contributed by atoms with E-state index in [1.54, 1.807) is 0 Å². The molecule has 1 aromatic rings. The standard InChI is InChI=1S/C10H17N3/c1-2-7-13-8-3-4-10(13)9-5-6-11-12-9/h5-6,10H,2-4,7-8H2,1H3,(H,11,12). The molecular weight excluding hydrogens is 162 g/mol. The number of likely N-dealkylation sites (tertiary alicyclic amines) is 1. The molecule has 0 aromatic carbocycles. The summed E-state index contributed by atoms with van der Waals surface area (Å²) < 4.78 is 0. The lowest BCUT2D eigenvalue weighted by Crippen LogP contribution is -2.24. The fourth-order valence-corrected chi connectivity index (χ4v) is 2.19. The Hall–Kier alpha value is -0.830. The molecule has 0 spiro atoms. The second kappa shape index (κ2) is 3.92. The van der Waals surface area contributed by atoms with Crippen LogP contribution in [0, 0.1) is 0 Å². The zero-order chi connectivity index (χ0) is 9.10. The van der Waals surface area contributed by atoms with Gasteiger partial charge in [0, 0.05) is 6.20 Å². The first kappa shape index (κ1) is 8.75. The van der Waals surface area contributed by atoms with E-state index in [4.69, 9.17) is 0 Å². The van der Waals surface area contributed by atoms with Crippen LogP contribution in [-0.2, 0) is 0 Å². The number of rotatable bonds is 3. The van der Waals surface area contributed by atoms with Gasteiger partial charge in [0.05, 0.1) is 11.7 Å². The van der Waals surface area contributed by atoms with E-state index in [2.05, 4.69) is 28.1 Å². The summed E-state index contributed by atoms with van der Waals surface area (Å²) in [5, 5.41) is 7.09. The number of hydrogen-bond donors (Lipinski definition) is 1. The van der Waals surface area contributed by atoms with Gasteiger partial charge in [0.15, 0.2) is 0 Å². The average molecular weight is 179 g/mol. The third kappa shape index (κ3) is 1.75. The van der Waals surface area contributed by atoms with Gasteiger partial charge in [0.1, 0.15) is 0 Å². The van der Waals surface area contributed by atoms with Crippen LogP contribution in [0.3, 0.4) is 0 Å². The van der Waals surface area contributed by atoms with Gasteiger partial charge in [0.25, 0.3) is 0 Å². The predicted octanol–water partition coefficient (Wildman–Crippen LogP) is 1.96. The van der Waals surface area contributed by atoms with Crippen LogP contribution in [0.2, 0.25) is 0 Å². The molecule has 13 heavy (non-hydrogen) atoms. The summed E-state index contributed by atoms with van der Waals surface area (Å²) >= 11 is 0. The molecular formula is C10H17N3. The Morgan fingerprint density at radius 1 is 1.69 bits per heavy atom. The fourth-order valence-electron chi connectivity index (χ4n) is 2.19. The molecule has 1 atom stereocenters. The molecule has 3 heteroatoms. The predicted molar refractivity (Wildman–Crippen MR) is 52.4 cm³/mol. The maximum atomic E-state index is 4.01. The highest BCUT2D eigenvalue weighted by atomic mass is 15.2. The van der Waals surface area contributed by atoms with Crippen LogP contribution < -0.4 is 0 Å². The number of nitrogens with zero attached hydrogens (tertiary/aromatic N) is 2. The number of aromatic nitrogens is 2. The molecule has 0 bridgehead atoms. The van der Waals surface area contributed by atoms with Crippen molar-refractivity contribution >= 4 is 0 Å². The first-order valence-electron chi connectivity index (χ1n) is 5.15. The van der Waals surface area contributed by atoms with Crippen LogP contribution in [-0.4, -0.2) is 28.2 Å². The van der Waals surface area contributed by atoms with Crippen molar-refractivity contribution in [3.05, 3.63) is 18.0 Å². The SMILES string of the molecule is CCCN1CCCC1c1ccn[nH]1. The molecule has 0 radical (unpaired) electrons. The largest absolute Gasteiger partial charge is 0.295 e. The number of aromatic amines is 1. The molecule has 2 heterocycles. The molecule has 0 amide bonds. The van der Waals surface area contributed by atoms with Crippen LogP contribution in [0.4, 0.5) is 0 Å². The van der Waals surface area contributed by atoms with E-state index in [1.165, 1.54) is 38.0 Å². The second-order valence-electron chi connectivity index (χ2n) is 3.71. The van der Waals surface area contributed by atoms with Crippen molar-refractivity contribution in [1.82, 2.24) is 15.1 Å². The Morgan fingerprint density at radius 2 is 2.62 bits per heavy atom. The van der Waals surface area contributed by atoms with Gasteiger partial charge in [0.2, 0.25) is 0 Å². The van der Waals surface area contributed by atoms with Crippen LogP contribution in [0.1, 0.15) is 37.9 Å². The minimum absolute atomic E-state index is 0.599. The number of nitrogens with one attached hydrogen (secondary N) is 1. The van der Waals surface area contributed by atoms with E-state index < -0.39 is 0 Å². The summed E-state index contributed by atoms with van der Waals surface area (Å²) in [7, 11) is 0. The number of H-pyrrole nitrogens is 1. The van der Waals surface area contributed by atoms with Gasteiger partial charge in [-0.2, -0.15) is 5.10 Å². The highest BCUT2D eigenvalue weighted by Gasteiger charge is 2.25. The minimum atomic E-state index is 0.599.